The number of amides is 1. The molecular weight excluding hydrogens is 238 g/mol. The maximum atomic E-state index is 12.8. The highest BCUT2D eigenvalue weighted by Gasteiger charge is 2.35. The standard InChI is InChI=1S/C15H29N3O/c1-12-11-17(2)8-5-9-18(12)15(19)14-7-4-3-6-13(14)10-16/h12-14H,3-11,16H2,1-2H3. The van der Waals surface area contributed by atoms with E-state index in [0.717, 1.165) is 38.9 Å². The fraction of sp³-hybridized carbons (Fsp3) is 0.933. The molecule has 1 saturated heterocycles. The van der Waals surface area contributed by atoms with Crippen LogP contribution in [0.25, 0.3) is 0 Å². The quantitative estimate of drug-likeness (QED) is 0.820. The molecule has 1 aliphatic heterocycles. The number of rotatable bonds is 2. The number of carbonyl (C=O) groups is 1. The second kappa shape index (κ2) is 6.71. The molecule has 3 atom stereocenters. The Morgan fingerprint density at radius 2 is 1.95 bits per heavy atom. The van der Waals surface area contributed by atoms with Gasteiger partial charge in [0, 0.05) is 25.0 Å². The molecule has 0 aromatic rings. The number of carbonyl (C=O) groups excluding carboxylic acids is 1. The van der Waals surface area contributed by atoms with Gasteiger partial charge in [0.05, 0.1) is 0 Å². The van der Waals surface area contributed by atoms with Crippen molar-refractivity contribution in [3.05, 3.63) is 0 Å². The monoisotopic (exact) mass is 267 g/mol. The molecule has 2 fully saturated rings. The minimum atomic E-state index is 0.185. The van der Waals surface area contributed by atoms with E-state index in [1.165, 1.54) is 12.8 Å². The van der Waals surface area contributed by atoms with Crippen LogP contribution in [0.3, 0.4) is 0 Å². The van der Waals surface area contributed by atoms with Crippen LogP contribution in [0.1, 0.15) is 39.0 Å². The summed E-state index contributed by atoms with van der Waals surface area (Å²) in [7, 11) is 2.15. The van der Waals surface area contributed by atoms with E-state index in [-0.39, 0.29) is 5.92 Å². The Hall–Kier alpha value is -0.610. The Kier molecular flexibility index (Phi) is 5.22. The molecule has 1 aliphatic carbocycles. The zero-order chi connectivity index (χ0) is 13.8. The SMILES string of the molecule is CC1CN(C)CCCN1C(=O)C1CCCCC1CN. The van der Waals surface area contributed by atoms with Crippen molar-refractivity contribution in [2.24, 2.45) is 17.6 Å². The first-order valence-corrected chi connectivity index (χ1v) is 7.82. The third-order valence-corrected chi connectivity index (χ3v) is 4.86. The number of nitrogens with two attached hydrogens (primary N) is 1. The zero-order valence-electron chi connectivity index (χ0n) is 12.5. The predicted molar refractivity (Wildman–Crippen MR) is 77.8 cm³/mol. The molecule has 2 rings (SSSR count). The van der Waals surface area contributed by atoms with Crippen molar-refractivity contribution in [3.8, 4) is 0 Å². The van der Waals surface area contributed by atoms with E-state index in [4.69, 9.17) is 5.73 Å². The van der Waals surface area contributed by atoms with E-state index in [0.29, 0.717) is 24.4 Å². The first-order valence-electron chi connectivity index (χ1n) is 7.82. The van der Waals surface area contributed by atoms with Gasteiger partial charge < -0.3 is 15.5 Å². The molecule has 19 heavy (non-hydrogen) atoms. The highest BCUT2D eigenvalue weighted by molar-refractivity contribution is 5.79. The fourth-order valence-corrected chi connectivity index (χ4v) is 3.73. The Morgan fingerprint density at radius 1 is 1.21 bits per heavy atom. The van der Waals surface area contributed by atoms with Gasteiger partial charge in [0.2, 0.25) is 5.91 Å². The van der Waals surface area contributed by atoms with Gasteiger partial charge in [-0.2, -0.15) is 0 Å². The maximum Gasteiger partial charge on any atom is 0.226 e. The van der Waals surface area contributed by atoms with Crippen LogP contribution in [0, 0.1) is 11.8 Å². The second-order valence-corrected chi connectivity index (χ2v) is 6.38. The summed E-state index contributed by atoms with van der Waals surface area (Å²) in [6.45, 7) is 5.85. The number of nitrogens with zero attached hydrogens (tertiary/aromatic N) is 2. The molecule has 0 spiro atoms. The van der Waals surface area contributed by atoms with Crippen LogP contribution >= 0.6 is 0 Å². The summed E-state index contributed by atoms with van der Waals surface area (Å²) in [5, 5.41) is 0. The highest BCUT2D eigenvalue weighted by atomic mass is 16.2. The van der Waals surface area contributed by atoms with Gasteiger partial charge in [-0.05, 0) is 52.2 Å². The lowest BCUT2D eigenvalue weighted by Gasteiger charge is -2.36. The topological polar surface area (TPSA) is 49.6 Å². The van der Waals surface area contributed by atoms with Gasteiger partial charge in [-0.1, -0.05) is 12.8 Å². The van der Waals surface area contributed by atoms with Crippen LogP contribution in [0.5, 0.6) is 0 Å². The lowest BCUT2D eigenvalue weighted by Crippen LogP contribution is -2.47. The molecule has 2 aliphatic rings. The summed E-state index contributed by atoms with van der Waals surface area (Å²) >= 11 is 0. The van der Waals surface area contributed by atoms with Crippen LogP contribution in [-0.2, 0) is 4.79 Å². The molecule has 1 heterocycles. The number of hydrogen-bond donors (Lipinski definition) is 1. The molecule has 1 amide bonds. The average molecular weight is 267 g/mol. The minimum Gasteiger partial charge on any atom is -0.338 e. The Morgan fingerprint density at radius 3 is 2.68 bits per heavy atom. The molecular formula is C15H29N3O. The molecule has 0 bridgehead atoms. The smallest absolute Gasteiger partial charge is 0.226 e. The molecule has 4 heteroatoms. The van der Waals surface area contributed by atoms with E-state index < -0.39 is 0 Å². The first-order chi connectivity index (χ1) is 9.13. The largest absolute Gasteiger partial charge is 0.338 e. The van der Waals surface area contributed by atoms with E-state index in [1.54, 1.807) is 0 Å². The lowest BCUT2D eigenvalue weighted by atomic mass is 9.78. The molecule has 2 N–H and O–H groups in total. The van der Waals surface area contributed by atoms with Crippen molar-refractivity contribution in [2.45, 2.75) is 45.1 Å². The molecule has 0 radical (unpaired) electrons. The summed E-state index contributed by atoms with van der Waals surface area (Å²) in [4.78, 5) is 17.3. The van der Waals surface area contributed by atoms with Gasteiger partial charge in [0.25, 0.3) is 0 Å². The van der Waals surface area contributed by atoms with Gasteiger partial charge in [-0.25, -0.2) is 0 Å². The lowest BCUT2D eigenvalue weighted by molar-refractivity contribution is -0.140. The van der Waals surface area contributed by atoms with Gasteiger partial charge in [0.1, 0.15) is 0 Å². The molecule has 4 nitrogen and oxygen atoms in total. The minimum absolute atomic E-state index is 0.185. The number of hydrogen-bond acceptors (Lipinski definition) is 3. The van der Waals surface area contributed by atoms with Gasteiger partial charge >= 0.3 is 0 Å². The average Bonchev–Trinajstić information content (AvgIpc) is 2.58. The van der Waals surface area contributed by atoms with Crippen LogP contribution in [-0.4, -0.2) is 55.0 Å². The van der Waals surface area contributed by atoms with Crippen LogP contribution in [0.4, 0.5) is 0 Å². The van der Waals surface area contributed by atoms with Gasteiger partial charge in [-0.15, -0.1) is 0 Å². The summed E-state index contributed by atoms with van der Waals surface area (Å²) in [6, 6.07) is 0.334. The van der Waals surface area contributed by atoms with Crippen LogP contribution in [0.15, 0.2) is 0 Å². The van der Waals surface area contributed by atoms with Crippen molar-refractivity contribution in [3.63, 3.8) is 0 Å². The van der Waals surface area contributed by atoms with Crippen molar-refractivity contribution in [1.29, 1.82) is 0 Å². The van der Waals surface area contributed by atoms with E-state index in [2.05, 4.69) is 23.8 Å². The van der Waals surface area contributed by atoms with E-state index in [9.17, 15) is 4.79 Å². The Balaban J connectivity index is 2.04. The highest BCUT2D eigenvalue weighted by Crippen LogP contribution is 2.31. The van der Waals surface area contributed by atoms with Crippen molar-refractivity contribution >= 4 is 5.91 Å². The van der Waals surface area contributed by atoms with E-state index in [1.807, 2.05) is 0 Å². The van der Waals surface area contributed by atoms with Crippen molar-refractivity contribution in [1.82, 2.24) is 9.80 Å². The fourth-order valence-electron chi connectivity index (χ4n) is 3.73. The molecule has 110 valence electrons. The molecule has 0 aromatic carbocycles. The number of likely N-dealkylation sites (N-methyl/N-ethyl adjacent to an activating group) is 1. The predicted octanol–water partition coefficient (Wildman–Crippen LogP) is 1.30. The van der Waals surface area contributed by atoms with Crippen LogP contribution in [0.2, 0.25) is 0 Å². The third-order valence-electron chi connectivity index (χ3n) is 4.86. The molecule has 3 unspecified atom stereocenters. The third kappa shape index (κ3) is 3.48. The summed E-state index contributed by atoms with van der Waals surface area (Å²) in [6.07, 6.45) is 5.69. The van der Waals surface area contributed by atoms with Crippen LogP contribution < -0.4 is 5.73 Å². The summed E-state index contributed by atoms with van der Waals surface area (Å²) < 4.78 is 0. The van der Waals surface area contributed by atoms with E-state index >= 15 is 0 Å². The van der Waals surface area contributed by atoms with Crippen molar-refractivity contribution in [2.75, 3.05) is 33.2 Å². The van der Waals surface area contributed by atoms with Crippen molar-refractivity contribution < 1.29 is 4.79 Å². The zero-order valence-corrected chi connectivity index (χ0v) is 12.5. The first kappa shape index (κ1) is 14.8. The molecule has 0 aromatic heterocycles. The second-order valence-electron chi connectivity index (χ2n) is 6.38. The summed E-state index contributed by atoms with van der Waals surface area (Å²) in [5.41, 5.74) is 5.87. The summed E-state index contributed by atoms with van der Waals surface area (Å²) in [5.74, 6) is 0.969. The Labute approximate surface area is 117 Å². The van der Waals surface area contributed by atoms with Gasteiger partial charge in [0.15, 0.2) is 0 Å². The molecule has 1 saturated carbocycles. The van der Waals surface area contributed by atoms with Gasteiger partial charge in [-0.3, -0.25) is 4.79 Å². The maximum absolute atomic E-state index is 12.8. The normalized spacial score (nSPS) is 34.1. The Bertz CT molecular complexity index is 308.